The minimum Gasteiger partial charge on any atom is -0.379 e. The van der Waals surface area contributed by atoms with Gasteiger partial charge in [0.2, 0.25) is 0 Å². The van der Waals surface area contributed by atoms with Crippen molar-refractivity contribution in [2.75, 3.05) is 24.8 Å². The molecule has 0 radical (unpaired) electrons. The second kappa shape index (κ2) is 9.22. The largest absolute Gasteiger partial charge is 0.379 e. The van der Waals surface area contributed by atoms with Gasteiger partial charge in [-0.25, -0.2) is 4.52 Å². The maximum absolute atomic E-state index is 13.2. The monoisotopic (exact) mass is 473 g/mol. The molecule has 4 aromatic rings. The van der Waals surface area contributed by atoms with Crippen molar-refractivity contribution in [3.63, 3.8) is 0 Å². The number of anilines is 3. The molecule has 0 unspecified atom stereocenters. The number of amides is 1. The van der Waals surface area contributed by atoms with Gasteiger partial charge in [0, 0.05) is 37.8 Å². The van der Waals surface area contributed by atoms with Crippen LogP contribution in [0.4, 0.5) is 17.2 Å². The van der Waals surface area contributed by atoms with Crippen molar-refractivity contribution in [3.8, 4) is 5.69 Å². The fraction of sp³-hybridized carbons (Fsp3) is 0.280. The van der Waals surface area contributed by atoms with E-state index in [4.69, 9.17) is 4.74 Å². The van der Waals surface area contributed by atoms with Gasteiger partial charge in [0.15, 0.2) is 0 Å². The van der Waals surface area contributed by atoms with Crippen LogP contribution in [-0.2, 0) is 4.74 Å². The maximum atomic E-state index is 13.2. The van der Waals surface area contributed by atoms with Crippen LogP contribution in [0.25, 0.3) is 11.2 Å². The van der Waals surface area contributed by atoms with E-state index in [1.165, 1.54) is 4.57 Å². The molecule has 2 atom stereocenters. The first-order chi connectivity index (χ1) is 17.0. The Bertz CT molecular complexity index is 1440. The molecule has 10 heteroatoms. The van der Waals surface area contributed by atoms with Gasteiger partial charge in [0.1, 0.15) is 11.5 Å². The molecule has 4 heterocycles. The van der Waals surface area contributed by atoms with Crippen LogP contribution in [0.15, 0.2) is 59.8 Å². The van der Waals surface area contributed by atoms with E-state index in [-0.39, 0.29) is 23.6 Å². The lowest BCUT2D eigenvalue weighted by Crippen LogP contribution is -2.51. The van der Waals surface area contributed by atoms with E-state index in [2.05, 4.69) is 26.0 Å². The third-order valence-electron chi connectivity index (χ3n) is 6.35. The quantitative estimate of drug-likeness (QED) is 0.378. The van der Waals surface area contributed by atoms with Crippen molar-refractivity contribution in [2.45, 2.75) is 31.9 Å². The van der Waals surface area contributed by atoms with Crippen molar-refractivity contribution >= 4 is 28.6 Å². The summed E-state index contributed by atoms with van der Waals surface area (Å²) in [5, 5.41) is 13.7. The van der Waals surface area contributed by atoms with Crippen LogP contribution in [0.1, 0.15) is 28.9 Å². The zero-order valence-electron chi connectivity index (χ0n) is 19.8. The summed E-state index contributed by atoms with van der Waals surface area (Å²) in [6.07, 6.45) is 6.77. The first-order valence-corrected chi connectivity index (χ1v) is 11.4. The Balaban J connectivity index is 1.48. The Kier molecular flexibility index (Phi) is 5.96. The Morgan fingerprint density at radius 1 is 1.17 bits per heavy atom. The molecule has 3 N–H and O–H groups in total. The normalized spacial score (nSPS) is 17.1. The number of fused-ring (bicyclic) bond motifs is 1. The van der Waals surface area contributed by atoms with Crippen LogP contribution in [0.3, 0.4) is 0 Å². The van der Waals surface area contributed by atoms with Crippen molar-refractivity contribution in [1.29, 1.82) is 0 Å². The number of rotatable bonds is 7. The molecule has 0 spiro atoms. The molecule has 0 saturated heterocycles. The second-order valence-corrected chi connectivity index (χ2v) is 8.55. The highest BCUT2D eigenvalue weighted by Gasteiger charge is 2.32. The van der Waals surface area contributed by atoms with E-state index in [1.807, 2.05) is 31.2 Å². The van der Waals surface area contributed by atoms with E-state index < -0.39 is 0 Å². The predicted molar refractivity (Wildman–Crippen MR) is 134 cm³/mol. The summed E-state index contributed by atoms with van der Waals surface area (Å²) in [6, 6.07) is 10.9. The van der Waals surface area contributed by atoms with Gasteiger partial charge >= 0.3 is 0 Å². The molecule has 0 aromatic carbocycles. The zero-order valence-corrected chi connectivity index (χ0v) is 19.8. The summed E-state index contributed by atoms with van der Waals surface area (Å²) in [7, 11) is 3.43. The van der Waals surface area contributed by atoms with E-state index in [0.29, 0.717) is 34.0 Å². The molecule has 1 aliphatic carbocycles. The first kappa shape index (κ1) is 22.6. The minimum absolute atomic E-state index is 0.00780. The summed E-state index contributed by atoms with van der Waals surface area (Å²) < 4.78 is 8.59. The lowest BCUT2D eigenvalue weighted by molar-refractivity contribution is 0.00732. The Morgan fingerprint density at radius 3 is 2.71 bits per heavy atom. The van der Waals surface area contributed by atoms with Gasteiger partial charge in [-0.1, -0.05) is 0 Å². The highest BCUT2D eigenvalue weighted by Crippen LogP contribution is 2.26. The molecule has 180 valence electrons. The Hall–Kier alpha value is -4.18. The molecule has 0 aliphatic heterocycles. The SMILES string of the molecule is CNc1cc(Nc2cccn(-c3ccc(C)nc3)c2=O)cc2c(C(=O)N[C@H]3CC[C@@H]3OC)cnn12. The molecule has 35 heavy (non-hydrogen) atoms. The average molecular weight is 474 g/mol. The second-order valence-electron chi connectivity index (χ2n) is 8.55. The van der Waals surface area contributed by atoms with E-state index in [1.54, 1.807) is 49.4 Å². The summed E-state index contributed by atoms with van der Waals surface area (Å²) in [6.45, 7) is 1.90. The molecule has 0 bridgehead atoms. The third-order valence-corrected chi connectivity index (χ3v) is 6.35. The van der Waals surface area contributed by atoms with Gasteiger partial charge in [0.05, 0.1) is 41.3 Å². The number of methoxy groups -OCH3 is 1. The molecule has 10 nitrogen and oxygen atoms in total. The Labute approximate surface area is 202 Å². The number of carbonyl (C=O) groups excluding carboxylic acids is 1. The lowest BCUT2D eigenvalue weighted by atomic mass is 9.89. The smallest absolute Gasteiger partial charge is 0.278 e. The summed E-state index contributed by atoms with van der Waals surface area (Å²) >= 11 is 0. The molecule has 1 amide bonds. The Morgan fingerprint density at radius 2 is 2.03 bits per heavy atom. The van der Waals surface area contributed by atoms with E-state index in [0.717, 1.165) is 18.5 Å². The van der Waals surface area contributed by atoms with Gasteiger partial charge in [-0.15, -0.1) is 0 Å². The molecule has 1 aliphatic rings. The molecule has 4 aromatic heterocycles. The molecule has 5 rings (SSSR count). The fourth-order valence-electron chi connectivity index (χ4n) is 4.22. The average Bonchev–Trinajstić information content (AvgIpc) is 3.27. The number of ether oxygens (including phenoxy) is 1. The highest BCUT2D eigenvalue weighted by atomic mass is 16.5. The topological polar surface area (TPSA) is 115 Å². The number of hydrogen-bond acceptors (Lipinski definition) is 7. The minimum atomic E-state index is -0.217. The summed E-state index contributed by atoms with van der Waals surface area (Å²) in [5.74, 6) is 0.460. The van der Waals surface area contributed by atoms with Gasteiger partial charge in [-0.2, -0.15) is 5.10 Å². The molecule has 1 saturated carbocycles. The summed E-state index contributed by atoms with van der Waals surface area (Å²) in [5.41, 5.74) is 3.43. The number of pyridine rings is 3. The van der Waals surface area contributed by atoms with E-state index in [9.17, 15) is 9.59 Å². The van der Waals surface area contributed by atoms with Crippen LogP contribution >= 0.6 is 0 Å². The van der Waals surface area contributed by atoms with Gasteiger partial charge in [0.25, 0.3) is 11.5 Å². The third kappa shape index (κ3) is 4.24. The van der Waals surface area contributed by atoms with E-state index >= 15 is 0 Å². The van der Waals surface area contributed by atoms with Crippen LogP contribution < -0.4 is 21.5 Å². The fourth-order valence-corrected chi connectivity index (χ4v) is 4.22. The van der Waals surface area contributed by atoms with Crippen molar-refractivity contribution in [3.05, 3.63) is 76.6 Å². The lowest BCUT2D eigenvalue weighted by Gasteiger charge is -2.35. The van der Waals surface area contributed by atoms with Crippen molar-refractivity contribution in [1.82, 2.24) is 24.5 Å². The molecular weight excluding hydrogens is 446 g/mol. The number of aryl methyl sites for hydroxylation is 1. The molecular formula is C25H27N7O3. The van der Waals surface area contributed by atoms with Gasteiger partial charge in [-0.05, 0) is 50.1 Å². The molecule has 1 fully saturated rings. The van der Waals surface area contributed by atoms with Crippen LogP contribution in [-0.4, -0.2) is 51.4 Å². The zero-order chi connectivity index (χ0) is 24.5. The number of aromatic nitrogens is 4. The summed E-state index contributed by atoms with van der Waals surface area (Å²) in [4.78, 5) is 30.5. The number of nitrogens with one attached hydrogen (secondary N) is 3. The number of carbonyl (C=O) groups is 1. The van der Waals surface area contributed by atoms with Gasteiger partial charge < -0.3 is 20.7 Å². The number of hydrogen-bond donors (Lipinski definition) is 3. The standard InChI is InChI=1S/C25H27N7O3/c1-15-6-7-17(13-27-15)31-10-4-5-20(25(31)34)29-16-11-21-18(14-28-32(21)23(12-16)26-2)24(33)30-19-8-9-22(19)35-3/h4-7,10-14,19,22,26,29H,8-9H2,1-3H3,(H,30,33)/t19-,22-/m0/s1. The van der Waals surface area contributed by atoms with Crippen LogP contribution in [0.2, 0.25) is 0 Å². The van der Waals surface area contributed by atoms with Crippen LogP contribution in [0, 0.1) is 6.92 Å². The highest BCUT2D eigenvalue weighted by molar-refractivity contribution is 6.01. The van der Waals surface area contributed by atoms with Crippen LogP contribution in [0.5, 0.6) is 0 Å². The maximum Gasteiger partial charge on any atom is 0.278 e. The predicted octanol–water partition coefficient (Wildman–Crippen LogP) is 2.88. The first-order valence-electron chi connectivity index (χ1n) is 11.4. The van der Waals surface area contributed by atoms with Gasteiger partial charge in [-0.3, -0.25) is 19.1 Å². The number of nitrogens with zero attached hydrogens (tertiary/aromatic N) is 4. The van der Waals surface area contributed by atoms with Crippen molar-refractivity contribution < 1.29 is 9.53 Å². The van der Waals surface area contributed by atoms with Crippen molar-refractivity contribution in [2.24, 2.45) is 0 Å².